The van der Waals surface area contributed by atoms with Crippen LogP contribution in [0.3, 0.4) is 0 Å². The molecule has 0 unspecified atom stereocenters. The lowest BCUT2D eigenvalue weighted by molar-refractivity contribution is -0.385. The molecule has 0 saturated carbocycles. The van der Waals surface area contributed by atoms with Crippen molar-refractivity contribution >= 4 is 23.1 Å². The number of nitro benzene ring substituents is 1. The van der Waals surface area contributed by atoms with E-state index >= 15 is 0 Å². The summed E-state index contributed by atoms with van der Waals surface area (Å²) in [6, 6.07) is 13.3. The highest BCUT2D eigenvalue weighted by Gasteiger charge is 2.12. The van der Waals surface area contributed by atoms with Crippen molar-refractivity contribution in [3.8, 4) is 0 Å². The van der Waals surface area contributed by atoms with E-state index in [0.29, 0.717) is 22.5 Å². The highest BCUT2D eigenvalue weighted by atomic mass is 16.6. The summed E-state index contributed by atoms with van der Waals surface area (Å²) in [5, 5.41) is 17.5. The molecule has 2 rings (SSSR count). The van der Waals surface area contributed by atoms with Gasteiger partial charge < -0.3 is 5.32 Å². The molecule has 2 aromatic carbocycles. The van der Waals surface area contributed by atoms with Gasteiger partial charge in [-0.1, -0.05) is 30.3 Å². The molecule has 0 spiro atoms. The predicted octanol–water partition coefficient (Wildman–Crippen LogP) is 3.45. The summed E-state index contributed by atoms with van der Waals surface area (Å²) in [6.07, 6.45) is 0. The van der Waals surface area contributed by atoms with Crippen molar-refractivity contribution in [2.75, 3.05) is 5.32 Å². The van der Waals surface area contributed by atoms with Gasteiger partial charge in [0.25, 0.3) is 5.69 Å². The molecule has 0 saturated heterocycles. The molecule has 0 fully saturated rings. The number of hydrogen-bond acceptors (Lipinski definition) is 4. The second-order valence-electron chi connectivity index (χ2n) is 4.89. The molecule has 0 atom stereocenters. The number of hydrogen-bond donors (Lipinski definition) is 2. The van der Waals surface area contributed by atoms with Gasteiger partial charge in [0.15, 0.2) is 0 Å². The van der Waals surface area contributed by atoms with Gasteiger partial charge in [-0.15, -0.1) is 0 Å². The van der Waals surface area contributed by atoms with Crippen molar-refractivity contribution < 1.29 is 9.72 Å². The van der Waals surface area contributed by atoms with E-state index in [1.165, 1.54) is 6.07 Å². The molecule has 2 N–H and O–H groups in total. The van der Waals surface area contributed by atoms with Gasteiger partial charge in [-0.25, -0.2) is 10.2 Å². The fourth-order valence-electron chi connectivity index (χ4n) is 1.91. The van der Waals surface area contributed by atoms with Gasteiger partial charge in [-0.3, -0.25) is 10.1 Å². The predicted molar refractivity (Wildman–Crippen MR) is 88.6 cm³/mol. The molecule has 0 aromatic heterocycles. The number of nitrogens with one attached hydrogen (secondary N) is 2. The zero-order valence-corrected chi connectivity index (χ0v) is 12.7. The Labute approximate surface area is 133 Å². The summed E-state index contributed by atoms with van der Waals surface area (Å²) in [7, 11) is 0. The lowest BCUT2D eigenvalue weighted by Gasteiger charge is -2.06. The third-order valence-corrected chi connectivity index (χ3v) is 3.18. The molecule has 23 heavy (non-hydrogen) atoms. The average molecular weight is 312 g/mol. The van der Waals surface area contributed by atoms with Crippen molar-refractivity contribution in [2.24, 2.45) is 5.10 Å². The van der Waals surface area contributed by atoms with Crippen LogP contribution in [0.25, 0.3) is 0 Å². The van der Waals surface area contributed by atoms with Crippen molar-refractivity contribution in [2.45, 2.75) is 13.8 Å². The highest BCUT2D eigenvalue weighted by Crippen LogP contribution is 2.19. The maximum absolute atomic E-state index is 11.7. The molecule has 0 radical (unpaired) electrons. The van der Waals surface area contributed by atoms with E-state index in [2.05, 4.69) is 15.8 Å². The van der Waals surface area contributed by atoms with Crippen LogP contribution in [0.1, 0.15) is 18.1 Å². The van der Waals surface area contributed by atoms with Crippen LogP contribution in [0.2, 0.25) is 0 Å². The number of nitro groups is 1. The minimum Gasteiger partial charge on any atom is -0.307 e. The van der Waals surface area contributed by atoms with Crippen LogP contribution in [0.15, 0.2) is 53.6 Å². The molecule has 0 aliphatic rings. The SMILES string of the molecule is C/C(=N/NC(=O)Nc1ccccc1)c1ccc(C)c([N+](=O)[O-])c1. The fourth-order valence-corrected chi connectivity index (χ4v) is 1.91. The van der Waals surface area contributed by atoms with Crippen molar-refractivity contribution in [3.63, 3.8) is 0 Å². The fraction of sp³-hybridized carbons (Fsp3) is 0.125. The van der Waals surface area contributed by atoms with E-state index in [0.717, 1.165) is 0 Å². The number of nitrogens with zero attached hydrogens (tertiary/aromatic N) is 2. The minimum absolute atomic E-state index is 0.0192. The van der Waals surface area contributed by atoms with Gasteiger partial charge in [0.1, 0.15) is 0 Å². The Balaban J connectivity index is 2.06. The number of rotatable bonds is 4. The zero-order valence-electron chi connectivity index (χ0n) is 12.7. The summed E-state index contributed by atoms with van der Waals surface area (Å²) in [4.78, 5) is 22.2. The molecule has 7 nitrogen and oxygen atoms in total. The Morgan fingerprint density at radius 2 is 1.87 bits per heavy atom. The maximum Gasteiger partial charge on any atom is 0.339 e. The van der Waals surface area contributed by atoms with Crippen LogP contribution in [-0.2, 0) is 0 Å². The Bertz CT molecular complexity index is 757. The van der Waals surface area contributed by atoms with E-state index in [1.54, 1.807) is 50.2 Å². The van der Waals surface area contributed by atoms with Gasteiger partial charge in [0.05, 0.1) is 10.6 Å². The number of urea groups is 1. The Hall–Kier alpha value is -3.22. The average Bonchev–Trinajstić information content (AvgIpc) is 2.53. The normalized spacial score (nSPS) is 11.0. The van der Waals surface area contributed by atoms with Gasteiger partial charge in [-0.2, -0.15) is 5.10 Å². The number of anilines is 1. The first kappa shape index (κ1) is 16.2. The van der Waals surface area contributed by atoms with Crippen molar-refractivity contribution in [1.82, 2.24) is 5.43 Å². The molecule has 0 heterocycles. The Kier molecular flexibility index (Phi) is 5.03. The third kappa shape index (κ3) is 4.37. The monoisotopic (exact) mass is 312 g/mol. The largest absolute Gasteiger partial charge is 0.339 e. The number of hydrazone groups is 1. The van der Waals surface area contributed by atoms with Crippen LogP contribution in [0.4, 0.5) is 16.2 Å². The number of carbonyl (C=O) groups excluding carboxylic acids is 1. The Morgan fingerprint density at radius 3 is 2.52 bits per heavy atom. The highest BCUT2D eigenvalue weighted by molar-refractivity contribution is 6.00. The molecule has 0 bridgehead atoms. The molecule has 0 aliphatic heterocycles. The van der Waals surface area contributed by atoms with Gasteiger partial charge in [0, 0.05) is 22.9 Å². The van der Waals surface area contributed by atoms with Gasteiger partial charge in [0.2, 0.25) is 0 Å². The molecule has 7 heteroatoms. The standard InChI is InChI=1S/C16H16N4O3/c1-11-8-9-13(10-15(11)20(22)23)12(2)18-19-16(21)17-14-6-4-3-5-7-14/h3-10H,1-2H3,(H2,17,19,21)/b18-12-. The topological polar surface area (TPSA) is 96.6 Å². The summed E-state index contributed by atoms with van der Waals surface area (Å²) in [5.41, 5.74) is 4.63. The molecule has 0 aliphatic carbocycles. The van der Waals surface area contributed by atoms with E-state index in [4.69, 9.17) is 0 Å². The smallest absolute Gasteiger partial charge is 0.307 e. The second-order valence-corrected chi connectivity index (χ2v) is 4.89. The summed E-state index contributed by atoms with van der Waals surface area (Å²) in [5.74, 6) is 0. The quantitative estimate of drug-likeness (QED) is 0.514. The first-order chi connectivity index (χ1) is 11.0. The second kappa shape index (κ2) is 7.17. The molecular formula is C16H16N4O3. The number of para-hydroxylation sites is 1. The van der Waals surface area contributed by atoms with Crippen molar-refractivity contribution in [3.05, 3.63) is 69.8 Å². The van der Waals surface area contributed by atoms with Gasteiger partial charge in [-0.05, 0) is 26.0 Å². The molecule has 2 aromatic rings. The molecule has 118 valence electrons. The summed E-state index contributed by atoms with van der Waals surface area (Å²) >= 11 is 0. The summed E-state index contributed by atoms with van der Waals surface area (Å²) in [6.45, 7) is 3.33. The maximum atomic E-state index is 11.7. The number of benzene rings is 2. The summed E-state index contributed by atoms with van der Waals surface area (Å²) < 4.78 is 0. The van der Waals surface area contributed by atoms with Crippen LogP contribution in [0, 0.1) is 17.0 Å². The molecule has 2 amide bonds. The van der Waals surface area contributed by atoms with Crippen LogP contribution in [0.5, 0.6) is 0 Å². The first-order valence-corrected chi connectivity index (χ1v) is 6.89. The van der Waals surface area contributed by atoms with Crippen molar-refractivity contribution in [1.29, 1.82) is 0 Å². The van der Waals surface area contributed by atoms with Crippen LogP contribution >= 0.6 is 0 Å². The van der Waals surface area contributed by atoms with E-state index in [1.807, 2.05) is 6.07 Å². The lowest BCUT2D eigenvalue weighted by Crippen LogP contribution is -2.25. The molecular weight excluding hydrogens is 296 g/mol. The number of amides is 2. The van der Waals surface area contributed by atoms with E-state index in [-0.39, 0.29) is 5.69 Å². The Morgan fingerprint density at radius 1 is 1.17 bits per heavy atom. The first-order valence-electron chi connectivity index (χ1n) is 6.89. The van der Waals surface area contributed by atoms with Gasteiger partial charge >= 0.3 is 6.03 Å². The number of carbonyl (C=O) groups is 1. The van der Waals surface area contributed by atoms with E-state index < -0.39 is 11.0 Å². The van der Waals surface area contributed by atoms with Crippen LogP contribution in [-0.4, -0.2) is 16.7 Å². The van der Waals surface area contributed by atoms with E-state index in [9.17, 15) is 14.9 Å². The lowest BCUT2D eigenvalue weighted by atomic mass is 10.1. The zero-order chi connectivity index (χ0) is 16.8. The number of aryl methyl sites for hydroxylation is 1. The third-order valence-electron chi connectivity index (χ3n) is 3.18. The minimum atomic E-state index is -0.489. The van der Waals surface area contributed by atoms with Crippen LogP contribution < -0.4 is 10.7 Å².